The highest BCUT2D eigenvalue weighted by molar-refractivity contribution is 5.46. The third kappa shape index (κ3) is 1.83. The number of nitrogens with one attached hydrogen (secondary N) is 1. The molecule has 0 spiro atoms. The largest absolute Gasteiger partial charge is 0.394 e. The van der Waals surface area contributed by atoms with Gasteiger partial charge >= 0.3 is 0 Å². The van der Waals surface area contributed by atoms with Crippen LogP contribution in [0.3, 0.4) is 0 Å². The third-order valence-electron chi connectivity index (χ3n) is 4.30. The van der Waals surface area contributed by atoms with Gasteiger partial charge < -0.3 is 10.4 Å². The Bertz CT molecular complexity index is 381. The van der Waals surface area contributed by atoms with Gasteiger partial charge in [0.15, 0.2) is 0 Å². The summed E-state index contributed by atoms with van der Waals surface area (Å²) in [7, 11) is 0. The summed E-state index contributed by atoms with van der Waals surface area (Å²) < 4.78 is 0. The second-order valence-electron chi connectivity index (χ2n) is 5.25. The lowest BCUT2D eigenvalue weighted by Crippen LogP contribution is -2.50. The van der Waals surface area contributed by atoms with Crippen molar-refractivity contribution in [1.82, 2.24) is 4.90 Å². The Morgan fingerprint density at radius 1 is 1.29 bits per heavy atom. The molecule has 2 saturated heterocycles. The number of fused-ring (bicyclic) bond motifs is 1. The molecule has 2 unspecified atom stereocenters. The van der Waals surface area contributed by atoms with Gasteiger partial charge in [-0.25, -0.2) is 0 Å². The molecule has 92 valence electrons. The van der Waals surface area contributed by atoms with Crippen LogP contribution in [-0.4, -0.2) is 41.3 Å². The zero-order valence-electron chi connectivity index (χ0n) is 10.1. The van der Waals surface area contributed by atoms with Gasteiger partial charge in [0.05, 0.1) is 12.1 Å². The zero-order chi connectivity index (χ0) is 11.7. The van der Waals surface area contributed by atoms with Crippen molar-refractivity contribution >= 4 is 5.69 Å². The quantitative estimate of drug-likeness (QED) is 0.832. The number of benzene rings is 1. The van der Waals surface area contributed by atoms with Gasteiger partial charge in [-0.2, -0.15) is 0 Å². The van der Waals surface area contributed by atoms with Gasteiger partial charge in [0.1, 0.15) is 0 Å². The minimum atomic E-state index is -0.127. The van der Waals surface area contributed by atoms with Crippen LogP contribution in [0.15, 0.2) is 30.3 Å². The average molecular weight is 232 g/mol. The molecule has 2 fully saturated rings. The predicted octanol–water partition coefficient (Wildman–Crippen LogP) is 1.70. The Morgan fingerprint density at radius 2 is 2.12 bits per heavy atom. The van der Waals surface area contributed by atoms with E-state index in [9.17, 15) is 5.11 Å². The lowest BCUT2D eigenvalue weighted by molar-refractivity contribution is 0.175. The van der Waals surface area contributed by atoms with Crippen molar-refractivity contribution in [1.29, 1.82) is 0 Å². The van der Waals surface area contributed by atoms with Crippen molar-refractivity contribution in [2.75, 3.05) is 25.0 Å². The van der Waals surface area contributed by atoms with Crippen molar-refractivity contribution < 1.29 is 5.11 Å². The molecular formula is C14H20N2O. The van der Waals surface area contributed by atoms with Crippen molar-refractivity contribution in [2.24, 2.45) is 0 Å². The molecule has 3 heteroatoms. The van der Waals surface area contributed by atoms with Crippen LogP contribution >= 0.6 is 0 Å². The Labute approximate surface area is 102 Å². The number of aliphatic hydroxyl groups excluding tert-OH is 1. The molecule has 2 heterocycles. The van der Waals surface area contributed by atoms with E-state index in [0.29, 0.717) is 6.04 Å². The van der Waals surface area contributed by atoms with Crippen LogP contribution < -0.4 is 5.32 Å². The Morgan fingerprint density at radius 3 is 2.88 bits per heavy atom. The lowest BCUT2D eigenvalue weighted by atomic mass is 9.89. The number of anilines is 1. The van der Waals surface area contributed by atoms with Crippen LogP contribution in [0.5, 0.6) is 0 Å². The van der Waals surface area contributed by atoms with E-state index in [0.717, 1.165) is 18.7 Å². The van der Waals surface area contributed by atoms with Crippen LogP contribution in [0.4, 0.5) is 5.69 Å². The standard InChI is InChI=1S/C14H20N2O/c17-11-14(15-12-5-2-1-3-6-12)8-10-16-9-4-7-13(14)16/h1-3,5-6,13,15,17H,4,7-11H2. The number of rotatable bonds is 3. The second-order valence-corrected chi connectivity index (χ2v) is 5.25. The monoisotopic (exact) mass is 232 g/mol. The fourth-order valence-electron chi connectivity index (χ4n) is 3.41. The minimum absolute atomic E-state index is 0.127. The summed E-state index contributed by atoms with van der Waals surface area (Å²) in [6, 6.07) is 10.8. The van der Waals surface area contributed by atoms with E-state index < -0.39 is 0 Å². The smallest absolute Gasteiger partial charge is 0.0770 e. The van der Waals surface area contributed by atoms with E-state index in [1.165, 1.54) is 19.4 Å². The molecule has 1 aromatic rings. The molecular weight excluding hydrogens is 212 g/mol. The van der Waals surface area contributed by atoms with Crippen molar-refractivity contribution in [3.05, 3.63) is 30.3 Å². The van der Waals surface area contributed by atoms with Crippen LogP contribution in [0, 0.1) is 0 Å². The second kappa shape index (κ2) is 4.31. The van der Waals surface area contributed by atoms with E-state index in [4.69, 9.17) is 0 Å². The molecule has 2 atom stereocenters. The minimum Gasteiger partial charge on any atom is -0.394 e. The molecule has 0 aromatic heterocycles. The van der Waals surface area contributed by atoms with Crippen molar-refractivity contribution in [2.45, 2.75) is 30.8 Å². The molecule has 0 aliphatic carbocycles. The normalized spacial score (nSPS) is 32.6. The fourth-order valence-corrected chi connectivity index (χ4v) is 3.41. The zero-order valence-corrected chi connectivity index (χ0v) is 10.1. The number of nitrogens with zero attached hydrogens (tertiary/aromatic N) is 1. The number of hydrogen-bond acceptors (Lipinski definition) is 3. The lowest BCUT2D eigenvalue weighted by Gasteiger charge is -2.35. The highest BCUT2D eigenvalue weighted by Crippen LogP contribution is 2.38. The Kier molecular flexibility index (Phi) is 2.81. The fraction of sp³-hybridized carbons (Fsp3) is 0.571. The molecule has 17 heavy (non-hydrogen) atoms. The van der Waals surface area contributed by atoms with Gasteiger partial charge in [-0.3, -0.25) is 4.90 Å². The van der Waals surface area contributed by atoms with E-state index in [1.54, 1.807) is 0 Å². The molecule has 0 radical (unpaired) electrons. The highest BCUT2D eigenvalue weighted by Gasteiger charge is 2.48. The topological polar surface area (TPSA) is 35.5 Å². The Hall–Kier alpha value is -1.06. The van der Waals surface area contributed by atoms with Crippen LogP contribution in [0.2, 0.25) is 0 Å². The predicted molar refractivity (Wildman–Crippen MR) is 69.1 cm³/mol. The van der Waals surface area contributed by atoms with Crippen molar-refractivity contribution in [3.8, 4) is 0 Å². The maximum atomic E-state index is 9.84. The summed E-state index contributed by atoms with van der Waals surface area (Å²) in [6.07, 6.45) is 3.52. The summed E-state index contributed by atoms with van der Waals surface area (Å²) in [5.41, 5.74) is 0.994. The molecule has 0 amide bonds. The van der Waals surface area contributed by atoms with Gasteiger partial charge in [-0.1, -0.05) is 18.2 Å². The van der Waals surface area contributed by atoms with Crippen LogP contribution in [0.25, 0.3) is 0 Å². The molecule has 2 aliphatic heterocycles. The third-order valence-corrected chi connectivity index (χ3v) is 4.30. The van der Waals surface area contributed by atoms with Gasteiger partial charge in [-0.15, -0.1) is 0 Å². The van der Waals surface area contributed by atoms with E-state index in [2.05, 4.69) is 22.3 Å². The maximum absolute atomic E-state index is 9.84. The summed E-state index contributed by atoms with van der Waals surface area (Å²) in [4.78, 5) is 2.52. The molecule has 0 saturated carbocycles. The summed E-state index contributed by atoms with van der Waals surface area (Å²) in [5.74, 6) is 0. The first kappa shape index (κ1) is 11.1. The van der Waals surface area contributed by atoms with Gasteiger partial charge in [0.25, 0.3) is 0 Å². The van der Waals surface area contributed by atoms with Crippen LogP contribution in [0.1, 0.15) is 19.3 Å². The summed E-state index contributed by atoms with van der Waals surface area (Å²) in [5, 5.41) is 13.4. The van der Waals surface area contributed by atoms with Crippen molar-refractivity contribution in [3.63, 3.8) is 0 Å². The number of hydrogen-bond donors (Lipinski definition) is 2. The van der Waals surface area contributed by atoms with E-state index in [1.807, 2.05) is 18.2 Å². The first-order valence-electron chi connectivity index (χ1n) is 6.52. The van der Waals surface area contributed by atoms with Crippen LogP contribution in [-0.2, 0) is 0 Å². The molecule has 2 aliphatic rings. The number of para-hydroxylation sites is 1. The maximum Gasteiger partial charge on any atom is 0.0770 e. The van der Waals surface area contributed by atoms with Gasteiger partial charge in [-0.05, 0) is 37.9 Å². The molecule has 1 aromatic carbocycles. The Balaban J connectivity index is 1.83. The highest BCUT2D eigenvalue weighted by atomic mass is 16.3. The van der Waals surface area contributed by atoms with Gasteiger partial charge in [0, 0.05) is 18.3 Å². The first-order valence-corrected chi connectivity index (χ1v) is 6.52. The number of aliphatic hydroxyl groups is 1. The van der Waals surface area contributed by atoms with Gasteiger partial charge in [0.2, 0.25) is 0 Å². The summed E-state index contributed by atoms with van der Waals surface area (Å²) in [6.45, 7) is 2.54. The molecule has 3 rings (SSSR count). The van der Waals surface area contributed by atoms with E-state index >= 15 is 0 Å². The summed E-state index contributed by atoms with van der Waals surface area (Å²) >= 11 is 0. The average Bonchev–Trinajstić information content (AvgIpc) is 2.95. The SMILES string of the molecule is OCC1(Nc2ccccc2)CCN2CCCC21. The van der Waals surface area contributed by atoms with E-state index in [-0.39, 0.29) is 12.1 Å². The molecule has 3 nitrogen and oxygen atoms in total. The first-order chi connectivity index (χ1) is 8.34. The molecule has 0 bridgehead atoms. The molecule has 2 N–H and O–H groups in total.